The van der Waals surface area contributed by atoms with Gasteiger partial charge in [0.15, 0.2) is 0 Å². The van der Waals surface area contributed by atoms with Gasteiger partial charge in [0.1, 0.15) is 11.6 Å². The Morgan fingerprint density at radius 3 is 2.70 bits per heavy atom. The first-order valence-electron chi connectivity index (χ1n) is 6.73. The topological polar surface area (TPSA) is 16.1 Å². The van der Waals surface area contributed by atoms with Gasteiger partial charge in [-0.3, -0.25) is 0 Å². The molecule has 3 rings (SSSR count). The molecule has 2 heterocycles. The monoisotopic (exact) mass is 294 g/mol. The summed E-state index contributed by atoms with van der Waals surface area (Å²) in [5.74, 6) is -0.608. The molecule has 1 aromatic heterocycles. The number of hydrogen-bond acceptors (Lipinski definition) is 3. The molecule has 0 unspecified atom stereocenters. The van der Waals surface area contributed by atoms with Gasteiger partial charge in [0, 0.05) is 23.7 Å². The van der Waals surface area contributed by atoms with Crippen LogP contribution in [0.4, 0.5) is 8.78 Å². The molecule has 0 amide bonds. The van der Waals surface area contributed by atoms with Crippen molar-refractivity contribution in [2.75, 3.05) is 20.1 Å². The minimum Gasteiger partial charge on any atom is -0.306 e. The molecular weight excluding hydrogens is 278 g/mol. The molecule has 2 nitrogen and oxygen atoms in total. The third-order valence-electron chi connectivity index (χ3n) is 3.79. The van der Waals surface area contributed by atoms with Gasteiger partial charge < -0.3 is 4.90 Å². The Balaban J connectivity index is 1.83. The molecule has 0 bridgehead atoms. The first kappa shape index (κ1) is 13.6. The van der Waals surface area contributed by atoms with E-state index in [0.29, 0.717) is 11.5 Å². The van der Waals surface area contributed by atoms with Crippen LogP contribution in [0.5, 0.6) is 0 Å². The molecule has 106 valence electrons. The highest BCUT2D eigenvalue weighted by molar-refractivity contribution is 7.15. The summed E-state index contributed by atoms with van der Waals surface area (Å²) in [6.07, 6.45) is 3.89. The van der Waals surface area contributed by atoms with Crippen LogP contribution in [0.1, 0.15) is 23.8 Å². The van der Waals surface area contributed by atoms with Gasteiger partial charge >= 0.3 is 0 Å². The zero-order chi connectivity index (χ0) is 14.1. The highest BCUT2D eigenvalue weighted by Gasteiger charge is 2.21. The Kier molecular flexibility index (Phi) is 3.81. The second kappa shape index (κ2) is 5.58. The van der Waals surface area contributed by atoms with Crippen molar-refractivity contribution in [3.63, 3.8) is 0 Å². The molecule has 0 saturated carbocycles. The number of aromatic nitrogens is 1. The van der Waals surface area contributed by atoms with E-state index in [2.05, 4.69) is 16.9 Å². The summed E-state index contributed by atoms with van der Waals surface area (Å²) < 4.78 is 26.7. The Hall–Kier alpha value is -1.33. The highest BCUT2D eigenvalue weighted by atomic mass is 32.1. The summed E-state index contributed by atoms with van der Waals surface area (Å²) >= 11 is 1.52. The molecule has 1 saturated heterocycles. The van der Waals surface area contributed by atoms with E-state index < -0.39 is 11.6 Å². The second-order valence-corrected chi connectivity index (χ2v) is 6.33. The van der Waals surface area contributed by atoms with E-state index in [1.165, 1.54) is 23.5 Å². The van der Waals surface area contributed by atoms with Crippen LogP contribution in [0.15, 0.2) is 24.4 Å². The van der Waals surface area contributed by atoms with Crippen LogP contribution in [-0.4, -0.2) is 30.0 Å². The number of piperidine rings is 1. The lowest BCUT2D eigenvalue weighted by Gasteiger charge is -2.27. The van der Waals surface area contributed by atoms with Crippen LogP contribution in [0, 0.1) is 11.6 Å². The average Bonchev–Trinajstić information content (AvgIpc) is 2.89. The molecule has 2 aromatic rings. The Morgan fingerprint density at radius 2 is 2.00 bits per heavy atom. The fraction of sp³-hybridized carbons (Fsp3) is 0.400. The maximum Gasteiger partial charge on any atom is 0.134 e. The molecule has 5 heteroatoms. The average molecular weight is 294 g/mol. The molecule has 0 aliphatic carbocycles. The number of benzene rings is 1. The predicted molar refractivity (Wildman–Crippen MR) is 76.9 cm³/mol. The zero-order valence-corrected chi connectivity index (χ0v) is 12.1. The van der Waals surface area contributed by atoms with Gasteiger partial charge in [0.05, 0.1) is 9.88 Å². The van der Waals surface area contributed by atoms with E-state index in [0.717, 1.165) is 41.9 Å². The van der Waals surface area contributed by atoms with Crippen molar-refractivity contribution in [3.8, 4) is 10.4 Å². The van der Waals surface area contributed by atoms with Gasteiger partial charge in [-0.25, -0.2) is 13.8 Å². The lowest BCUT2D eigenvalue weighted by atomic mass is 9.98. The van der Waals surface area contributed by atoms with Crippen LogP contribution in [0.25, 0.3) is 10.4 Å². The van der Waals surface area contributed by atoms with Crippen LogP contribution in [-0.2, 0) is 0 Å². The molecule has 1 aliphatic heterocycles. The van der Waals surface area contributed by atoms with Gasteiger partial charge in [-0.1, -0.05) is 0 Å². The lowest BCUT2D eigenvalue weighted by molar-refractivity contribution is 0.255. The number of thiazole rings is 1. The molecule has 1 aliphatic rings. The van der Waals surface area contributed by atoms with E-state index in [4.69, 9.17) is 0 Å². The van der Waals surface area contributed by atoms with Crippen molar-refractivity contribution >= 4 is 11.3 Å². The summed E-state index contributed by atoms with van der Waals surface area (Å²) in [5, 5.41) is 1.07. The van der Waals surface area contributed by atoms with Gasteiger partial charge in [0.25, 0.3) is 0 Å². The summed E-state index contributed by atoms with van der Waals surface area (Å²) in [5.41, 5.74) is 0.433. The quantitative estimate of drug-likeness (QED) is 0.835. The summed E-state index contributed by atoms with van der Waals surface area (Å²) in [6, 6.07) is 3.69. The minimum absolute atomic E-state index is 0.433. The SMILES string of the molecule is CN1CCC(c2ncc(-c3ccc(F)cc3F)s2)CC1. The van der Waals surface area contributed by atoms with Crippen LogP contribution in [0.2, 0.25) is 0 Å². The van der Waals surface area contributed by atoms with Crippen molar-refractivity contribution in [1.29, 1.82) is 0 Å². The van der Waals surface area contributed by atoms with E-state index >= 15 is 0 Å². The molecular formula is C15H16F2N2S. The molecule has 20 heavy (non-hydrogen) atoms. The Bertz CT molecular complexity index is 604. The first-order chi connectivity index (χ1) is 9.63. The number of hydrogen-bond donors (Lipinski definition) is 0. The van der Waals surface area contributed by atoms with Gasteiger partial charge in [-0.2, -0.15) is 0 Å². The van der Waals surface area contributed by atoms with Gasteiger partial charge in [-0.05, 0) is 45.1 Å². The van der Waals surface area contributed by atoms with Crippen LogP contribution in [0.3, 0.4) is 0 Å². The second-order valence-electron chi connectivity index (χ2n) is 5.26. The number of halogens is 2. The van der Waals surface area contributed by atoms with Crippen molar-refractivity contribution in [2.45, 2.75) is 18.8 Å². The number of likely N-dealkylation sites (tertiary alicyclic amines) is 1. The van der Waals surface area contributed by atoms with Crippen LogP contribution < -0.4 is 0 Å². The predicted octanol–water partition coefficient (Wildman–Crippen LogP) is 3.90. The zero-order valence-electron chi connectivity index (χ0n) is 11.3. The van der Waals surface area contributed by atoms with Crippen LogP contribution >= 0.6 is 11.3 Å². The number of rotatable bonds is 2. The van der Waals surface area contributed by atoms with E-state index in [9.17, 15) is 8.78 Å². The minimum atomic E-state index is -0.550. The third kappa shape index (κ3) is 2.74. The molecule has 0 atom stereocenters. The van der Waals surface area contributed by atoms with Gasteiger partial charge in [-0.15, -0.1) is 11.3 Å². The smallest absolute Gasteiger partial charge is 0.134 e. The lowest BCUT2D eigenvalue weighted by Crippen LogP contribution is -2.29. The maximum absolute atomic E-state index is 13.8. The normalized spacial score (nSPS) is 17.6. The molecule has 0 spiro atoms. The fourth-order valence-corrected chi connectivity index (χ4v) is 3.66. The van der Waals surface area contributed by atoms with Crippen molar-refractivity contribution < 1.29 is 8.78 Å². The molecule has 1 fully saturated rings. The summed E-state index contributed by atoms with van der Waals surface area (Å²) in [4.78, 5) is 7.53. The number of nitrogens with zero attached hydrogens (tertiary/aromatic N) is 2. The summed E-state index contributed by atoms with van der Waals surface area (Å²) in [7, 11) is 2.12. The maximum atomic E-state index is 13.8. The van der Waals surface area contributed by atoms with E-state index in [1.54, 1.807) is 6.20 Å². The van der Waals surface area contributed by atoms with E-state index in [1.807, 2.05) is 0 Å². The Morgan fingerprint density at radius 1 is 1.25 bits per heavy atom. The van der Waals surface area contributed by atoms with E-state index in [-0.39, 0.29) is 0 Å². The molecule has 0 radical (unpaired) electrons. The first-order valence-corrected chi connectivity index (χ1v) is 7.55. The Labute approximate surface area is 121 Å². The molecule has 1 aromatic carbocycles. The largest absolute Gasteiger partial charge is 0.306 e. The van der Waals surface area contributed by atoms with Crippen molar-refractivity contribution in [1.82, 2.24) is 9.88 Å². The summed E-state index contributed by atoms with van der Waals surface area (Å²) in [6.45, 7) is 2.15. The fourth-order valence-electron chi connectivity index (χ4n) is 2.55. The standard InChI is InChI=1S/C15H16F2N2S/c1-19-6-4-10(5-7-19)15-18-9-14(20-15)12-3-2-11(16)8-13(12)17/h2-3,8-10H,4-7H2,1H3. The third-order valence-corrected chi connectivity index (χ3v) is 4.98. The molecule has 0 N–H and O–H groups in total. The highest BCUT2D eigenvalue weighted by Crippen LogP contribution is 2.35. The van der Waals surface area contributed by atoms with Gasteiger partial charge in [0.2, 0.25) is 0 Å². The van der Waals surface area contributed by atoms with Crippen molar-refractivity contribution in [2.24, 2.45) is 0 Å². The van der Waals surface area contributed by atoms with Crippen molar-refractivity contribution in [3.05, 3.63) is 41.0 Å².